The summed E-state index contributed by atoms with van der Waals surface area (Å²) in [4.78, 5) is 9.43. The van der Waals surface area contributed by atoms with Crippen molar-refractivity contribution in [1.82, 2.24) is 9.97 Å². The van der Waals surface area contributed by atoms with Crippen molar-refractivity contribution in [2.45, 2.75) is 6.92 Å². The van der Waals surface area contributed by atoms with E-state index in [1.807, 2.05) is 79.8 Å². The standard InChI is InChI=1S/C23H19BrN2/c1-2-3-14-20(24)15-16-23-25-21(18-10-6-4-7-11-18)17-22(26-23)19-12-8-5-9-13-19/h2-17H,1H3/b3-2-,16-15+,20-14+. The van der Waals surface area contributed by atoms with Crippen molar-refractivity contribution in [3.63, 3.8) is 0 Å². The minimum Gasteiger partial charge on any atom is -0.229 e. The van der Waals surface area contributed by atoms with E-state index in [4.69, 9.17) is 9.97 Å². The third-order valence-corrected chi connectivity index (χ3v) is 4.25. The second kappa shape index (κ2) is 9.07. The van der Waals surface area contributed by atoms with Crippen LogP contribution in [0.1, 0.15) is 12.7 Å². The van der Waals surface area contributed by atoms with Gasteiger partial charge in [-0.25, -0.2) is 9.97 Å². The normalized spacial score (nSPS) is 12.2. The third kappa shape index (κ3) is 4.87. The predicted molar refractivity (Wildman–Crippen MR) is 114 cm³/mol. The molecule has 26 heavy (non-hydrogen) atoms. The van der Waals surface area contributed by atoms with Crippen molar-refractivity contribution in [2.24, 2.45) is 0 Å². The lowest BCUT2D eigenvalue weighted by Gasteiger charge is -2.07. The molecule has 0 atom stereocenters. The number of hydrogen-bond acceptors (Lipinski definition) is 2. The number of hydrogen-bond donors (Lipinski definition) is 0. The van der Waals surface area contributed by atoms with E-state index >= 15 is 0 Å². The lowest BCUT2D eigenvalue weighted by atomic mass is 10.1. The molecule has 0 unspecified atom stereocenters. The van der Waals surface area contributed by atoms with E-state index in [2.05, 4.69) is 40.2 Å². The van der Waals surface area contributed by atoms with Gasteiger partial charge in [0.1, 0.15) is 0 Å². The van der Waals surface area contributed by atoms with Crippen LogP contribution in [-0.2, 0) is 0 Å². The van der Waals surface area contributed by atoms with Crippen LogP contribution in [0.15, 0.2) is 95.5 Å². The molecule has 0 aliphatic rings. The fourth-order valence-corrected chi connectivity index (χ4v) is 2.74. The van der Waals surface area contributed by atoms with Crippen molar-refractivity contribution in [1.29, 1.82) is 0 Å². The molecule has 0 amide bonds. The van der Waals surface area contributed by atoms with E-state index in [9.17, 15) is 0 Å². The molecular formula is C23H19BrN2. The Labute approximate surface area is 162 Å². The van der Waals surface area contributed by atoms with Crippen molar-refractivity contribution in [2.75, 3.05) is 0 Å². The maximum absolute atomic E-state index is 4.72. The van der Waals surface area contributed by atoms with Crippen molar-refractivity contribution < 1.29 is 0 Å². The summed E-state index contributed by atoms with van der Waals surface area (Å²) in [5, 5.41) is 0. The highest BCUT2D eigenvalue weighted by Crippen LogP contribution is 2.24. The molecule has 3 rings (SSSR count). The molecule has 2 aromatic carbocycles. The molecule has 128 valence electrons. The summed E-state index contributed by atoms with van der Waals surface area (Å²) in [6.07, 6.45) is 9.82. The summed E-state index contributed by atoms with van der Waals surface area (Å²) in [6, 6.07) is 22.4. The summed E-state index contributed by atoms with van der Waals surface area (Å²) >= 11 is 3.53. The Morgan fingerprint density at radius 2 is 1.38 bits per heavy atom. The monoisotopic (exact) mass is 402 g/mol. The van der Waals surface area contributed by atoms with Crippen molar-refractivity contribution >= 4 is 22.0 Å². The van der Waals surface area contributed by atoms with Crippen LogP contribution in [0.25, 0.3) is 28.6 Å². The summed E-state index contributed by atoms with van der Waals surface area (Å²) in [5.41, 5.74) is 3.97. The van der Waals surface area contributed by atoms with Crippen LogP contribution < -0.4 is 0 Å². The van der Waals surface area contributed by atoms with Gasteiger partial charge in [-0.2, -0.15) is 0 Å². The third-order valence-electron chi connectivity index (χ3n) is 3.72. The molecule has 1 aromatic heterocycles. The number of halogens is 1. The molecule has 0 saturated carbocycles. The van der Waals surface area contributed by atoms with Crippen LogP contribution in [0.5, 0.6) is 0 Å². The van der Waals surface area contributed by atoms with E-state index in [0.29, 0.717) is 5.82 Å². The largest absolute Gasteiger partial charge is 0.229 e. The van der Waals surface area contributed by atoms with Crippen molar-refractivity contribution in [3.8, 4) is 22.5 Å². The maximum Gasteiger partial charge on any atom is 0.153 e. The molecule has 0 aliphatic heterocycles. The Morgan fingerprint density at radius 1 is 0.846 bits per heavy atom. The topological polar surface area (TPSA) is 25.8 Å². The average Bonchev–Trinajstić information content (AvgIpc) is 2.72. The number of allylic oxidation sites excluding steroid dienone is 5. The lowest BCUT2D eigenvalue weighted by Crippen LogP contribution is -1.95. The second-order valence-corrected chi connectivity index (χ2v) is 6.56. The lowest BCUT2D eigenvalue weighted by molar-refractivity contribution is 1.14. The van der Waals surface area contributed by atoms with Crippen LogP contribution in [0.3, 0.4) is 0 Å². The molecule has 0 fully saturated rings. The zero-order valence-electron chi connectivity index (χ0n) is 14.5. The molecule has 0 N–H and O–H groups in total. The molecule has 3 heteroatoms. The average molecular weight is 403 g/mol. The predicted octanol–water partition coefficient (Wildman–Crippen LogP) is 6.68. The van der Waals surface area contributed by atoms with E-state index in [1.165, 1.54) is 0 Å². The van der Waals surface area contributed by atoms with Gasteiger partial charge in [0.15, 0.2) is 5.82 Å². The molecule has 0 bridgehead atoms. The smallest absolute Gasteiger partial charge is 0.153 e. The van der Waals surface area contributed by atoms with Gasteiger partial charge in [-0.3, -0.25) is 0 Å². The quantitative estimate of drug-likeness (QED) is 0.444. The molecular weight excluding hydrogens is 384 g/mol. The van der Waals surface area contributed by atoms with Gasteiger partial charge in [0, 0.05) is 15.6 Å². The van der Waals surface area contributed by atoms with E-state index < -0.39 is 0 Å². The van der Waals surface area contributed by atoms with Gasteiger partial charge in [0.25, 0.3) is 0 Å². The van der Waals surface area contributed by atoms with Crippen LogP contribution >= 0.6 is 15.9 Å². The fraction of sp³-hybridized carbons (Fsp3) is 0.0435. The zero-order valence-corrected chi connectivity index (χ0v) is 16.1. The SMILES string of the molecule is C\C=C/C=C(Br)\C=C\c1nc(-c2ccccc2)cc(-c2ccccc2)n1. The first-order chi connectivity index (χ1) is 12.8. The Bertz CT molecular complexity index is 885. The molecule has 3 aromatic rings. The summed E-state index contributed by atoms with van der Waals surface area (Å²) in [5.74, 6) is 0.677. The Hall–Kier alpha value is -2.78. The number of benzene rings is 2. The molecule has 2 nitrogen and oxygen atoms in total. The van der Waals surface area contributed by atoms with Gasteiger partial charge in [0.05, 0.1) is 11.4 Å². The molecule has 0 spiro atoms. The van der Waals surface area contributed by atoms with Gasteiger partial charge in [-0.05, 0) is 31.2 Å². The zero-order chi connectivity index (χ0) is 18.2. The highest BCUT2D eigenvalue weighted by atomic mass is 79.9. The second-order valence-electron chi connectivity index (χ2n) is 5.64. The van der Waals surface area contributed by atoms with Crippen LogP contribution in [0.2, 0.25) is 0 Å². The van der Waals surface area contributed by atoms with Crippen LogP contribution in [0, 0.1) is 0 Å². The fourth-order valence-electron chi connectivity index (χ4n) is 2.45. The molecule has 1 heterocycles. The Balaban J connectivity index is 2.05. The van der Waals surface area contributed by atoms with Gasteiger partial charge in [-0.1, -0.05) is 88.7 Å². The summed E-state index contributed by atoms with van der Waals surface area (Å²) in [6.45, 7) is 1.99. The number of aromatic nitrogens is 2. The van der Waals surface area contributed by atoms with E-state index in [1.54, 1.807) is 0 Å². The molecule has 0 saturated heterocycles. The maximum atomic E-state index is 4.72. The number of nitrogens with zero attached hydrogens (tertiary/aromatic N) is 2. The van der Waals surface area contributed by atoms with Gasteiger partial charge >= 0.3 is 0 Å². The minimum atomic E-state index is 0.677. The first-order valence-electron chi connectivity index (χ1n) is 8.43. The highest BCUT2D eigenvalue weighted by Gasteiger charge is 2.07. The van der Waals surface area contributed by atoms with Gasteiger partial charge < -0.3 is 0 Å². The van der Waals surface area contributed by atoms with E-state index in [-0.39, 0.29) is 0 Å². The molecule has 0 aliphatic carbocycles. The minimum absolute atomic E-state index is 0.677. The summed E-state index contributed by atoms with van der Waals surface area (Å²) in [7, 11) is 0. The van der Waals surface area contributed by atoms with E-state index in [0.717, 1.165) is 27.0 Å². The Morgan fingerprint density at radius 3 is 1.88 bits per heavy atom. The number of rotatable bonds is 5. The highest BCUT2D eigenvalue weighted by molar-refractivity contribution is 9.11. The Kier molecular flexibility index (Phi) is 6.29. The summed E-state index contributed by atoms with van der Waals surface area (Å²) < 4.78 is 0.963. The van der Waals surface area contributed by atoms with Crippen LogP contribution in [0.4, 0.5) is 0 Å². The van der Waals surface area contributed by atoms with Crippen molar-refractivity contribution in [3.05, 3.63) is 101 Å². The van der Waals surface area contributed by atoms with Gasteiger partial charge in [-0.15, -0.1) is 0 Å². The molecule has 0 radical (unpaired) electrons. The first-order valence-corrected chi connectivity index (χ1v) is 9.22. The van der Waals surface area contributed by atoms with Crippen LogP contribution in [-0.4, -0.2) is 9.97 Å². The first kappa shape index (κ1) is 18.0. The van der Waals surface area contributed by atoms with Gasteiger partial charge in [0.2, 0.25) is 0 Å².